The largest absolute Gasteiger partial charge is 0.396 e. The van der Waals surface area contributed by atoms with E-state index < -0.39 is 0 Å². The van der Waals surface area contributed by atoms with E-state index in [4.69, 9.17) is 5.11 Å². The SMILES string of the molecule is C=C(C)CNC(CCO)c1ccccc1. The van der Waals surface area contributed by atoms with Gasteiger partial charge in [-0.3, -0.25) is 0 Å². The van der Waals surface area contributed by atoms with Gasteiger partial charge in [0.25, 0.3) is 0 Å². The molecule has 0 saturated carbocycles. The van der Waals surface area contributed by atoms with Crippen LogP contribution in [-0.4, -0.2) is 18.3 Å². The minimum Gasteiger partial charge on any atom is -0.396 e. The molecule has 1 aromatic rings. The predicted molar refractivity (Wildman–Crippen MR) is 63.7 cm³/mol. The van der Waals surface area contributed by atoms with E-state index in [-0.39, 0.29) is 12.6 Å². The van der Waals surface area contributed by atoms with Crippen molar-refractivity contribution in [1.82, 2.24) is 5.32 Å². The number of benzene rings is 1. The monoisotopic (exact) mass is 205 g/mol. The molecule has 1 rings (SSSR count). The summed E-state index contributed by atoms with van der Waals surface area (Å²) in [5.41, 5.74) is 2.32. The van der Waals surface area contributed by atoms with Crippen molar-refractivity contribution < 1.29 is 5.11 Å². The first-order valence-corrected chi connectivity index (χ1v) is 5.27. The topological polar surface area (TPSA) is 32.3 Å². The maximum atomic E-state index is 9.00. The Labute approximate surface area is 91.6 Å². The normalized spacial score (nSPS) is 12.4. The smallest absolute Gasteiger partial charge is 0.0449 e. The van der Waals surface area contributed by atoms with Crippen LogP contribution >= 0.6 is 0 Å². The fourth-order valence-electron chi connectivity index (χ4n) is 1.50. The Hall–Kier alpha value is -1.12. The van der Waals surface area contributed by atoms with Gasteiger partial charge in [0.05, 0.1) is 0 Å². The van der Waals surface area contributed by atoms with E-state index >= 15 is 0 Å². The zero-order chi connectivity index (χ0) is 11.1. The molecule has 0 amide bonds. The van der Waals surface area contributed by atoms with E-state index in [0.29, 0.717) is 0 Å². The first-order chi connectivity index (χ1) is 7.24. The lowest BCUT2D eigenvalue weighted by atomic mass is 10.0. The Morgan fingerprint density at radius 3 is 2.60 bits per heavy atom. The van der Waals surface area contributed by atoms with Crippen molar-refractivity contribution >= 4 is 0 Å². The zero-order valence-corrected chi connectivity index (χ0v) is 9.24. The zero-order valence-electron chi connectivity index (χ0n) is 9.24. The second-order valence-electron chi connectivity index (χ2n) is 3.81. The minimum absolute atomic E-state index is 0.197. The second kappa shape index (κ2) is 6.38. The molecule has 15 heavy (non-hydrogen) atoms. The summed E-state index contributed by atoms with van der Waals surface area (Å²) in [7, 11) is 0. The van der Waals surface area contributed by atoms with Crippen LogP contribution in [0.15, 0.2) is 42.5 Å². The Kier molecular flexibility index (Phi) is 5.08. The summed E-state index contributed by atoms with van der Waals surface area (Å²) >= 11 is 0. The molecule has 0 aliphatic carbocycles. The van der Waals surface area contributed by atoms with Crippen LogP contribution < -0.4 is 5.32 Å². The van der Waals surface area contributed by atoms with Gasteiger partial charge in [-0.2, -0.15) is 0 Å². The highest BCUT2D eigenvalue weighted by Crippen LogP contribution is 2.15. The van der Waals surface area contributed by atoms with Gasteiger partial charge >= 0.3 is 0 Å². The lowest BCUT2D eigenvalue weighted by Gasteiger charge is -2.18. The molecule has 1 atom stereocenters. The molecule has 0 bridgehead atoms. The highest BCUT2D eigenvalue weighted by atomic mass is 16.3. The van der Waals surface area contributed by atoms with Crippen LogP contribution in [0.1, 0.15) is 24.9 Å². The molecule has 0 aliphatic rings. The lowest BCUT2D eigenvalue weighted by Crippen LogP contribution is -2.23. The Balaban J connectivity index is 2.61. The molecule has 2 heteroatoms. The third kappa shape index (κ3) is 4.28. The Morgan fingerprint density at radius 1 is 1.40 bits per heavy atom. The molecule has 0 spiro atoms. The summed E-state index contributed by atoms with van der Waals surface area (Å²) in [5.74, 6) is 0. The molecule has 2 nitrogen and oxygen atoms in total. The number of rotatable bonds is 6. The number of aliphatic hydroxyl groups is 1. The molecule has 1 unspecified atom stereocenters. The standard InChI is InChI=1S/C13H19NO/c1-11(2)10-14-13(8-9-15)12-6-4-3-5-7-12/h3-7,13-15H,1,8-10H2,2H3. The predicted octanol–water partition coefficient (Wildman–Crippen LogP) is 2.28. The molecule has 0 heterocycles. The molecule has 0 aromatic heterocycles. The maximum absolute atomic E-state index is 9.00. The highest BCUT2D eigenvalue weighted by Gasteiger charge is 2.08. The van der Waals surface area contributed by atoms with Gasteiger partial charge in [0.1, 0.15) is 0 Å². The van der Waals surface area contributed by atoms with E-state index in [1.54, 1.807) is 0 Å². The van der Waals surface area contributed by atoms with Crippen molar-refractivity contribution in [1.29, 1.82) is 0 Å². The summed E-state index contributed by atoms with van der Waals surface area (Å²) in [6.07, 6.45) is 0.733. The molecule has 0 fully saturated rings. The maximum Gasteiger partial charge on any atom is 0.0449 e. The first-order valence-electron chi connectivity index (χ1n) is 5.27. The third-order valence-electron chi connectivity index (χ3n) is 2.27. The average Bonchev–Trinajstić information content (AvgIpc) is 2.25. The van der Waals surface area contributed by atoms with Crippen LogP contribution in [0.4, 0.5) is 0 Å². The Bertz CT molecular complexity index is 295. The quantitative estimate of drug-likeness (QED) is 0.698. The lowest BCUT2D eigenvalue weighted by molar-refractivity contribution is 0.267. The summed E-state index contributed by atoms with van der Waals surface area (Å²) in [5, 5.41) is 12.4. The van der Waals surface area contributed by atoms with Gasteiger partial charge in [0.2, 0.25) is 0 Å². The Morgan fingerprint density at radius 2 is 2.07 bits per heavy atom. The van der Waals surface area contributed by atoms with E-state index in [0.717, 1.165) is 18.5 Å². The van der Waals surface area contributed by atoms with Gasteiger partial charge in [0, 0.05) is 19.2 Å². The van der Waals surface area contributed by atoms with Gasteiger partial charge < -0.3 is 10.4 Å². The van der Waals surface area contributed by atoms with E-state index in [1.165, 1.54) is 5.56 Å². The molecular formula is C13H19NO. The van der Waals surface area contributed by atoms with Crippen LogP contribution in [-0.2, 0) is 0 Å². The summed E-state index contributed by atoms with van der Waals surface area (Å²) < 4.78 is 0. The summed E-state index contributed by atoms with van der Waals surface area (Å²) in [6.45, 7) is 6.84. The minimum atomic E-state index is 0.197. The van der Waals surface area contributed by atoms with E-state index in [1.807, 2.05) is 25.1 Å². The number of nitrogens with one attached hydrogen (secondary N) is 1. The van der Waals surface area contributed by atoms with Crippen molar-refractivity contribution in [3.63, 3.8) is 0 Å². The molecular weight excluding hydrogens is 186 g/mol. The summed E-state index contributed by atoms with van der Waals surface area (Å²) in [4.78, 5) is 0. The van der Waals surface area contributed by atoms with Crippen LogP contribution in [0.25, 0.3) is 0 Å². The van der Waals surface area contributed by atoms with Crippen LogP contribution in [0.5, 0.6) is 0 Å². The van der Waals surface area contributed by atoms with Crippen molar-refractivity contribution in [2.45, 2.75) is 19.4 Å². The van der Waals surface area contributed by atoms with Crippen molar-refractivity contribution in [3.8, 4) is 0 Å². The van der Waals surface area contributed by atoms with Crippen molar-refractivity contribution in [3.05, 3.63) is 48.0 Å². The fourth-order valence-corrected chi connectivity index (χ4v) is 1.50. The molecule has 1 aromatic carbocycles. The molecule has 82 valence electrons. The molecule has 0 aliphatic heterocycles. The van der Waals surface area contributed by atoms with Gasteiger partial charge in [0.15, 0.2) is 0 Å². The molecule has 2 N–H and O–H groups in total. The molecule has 0 saturated heterocycles. The van der Waals surface area contributed by atoms with Gasteiger partial charge in [-0.15, -0.1) is 0 Å². The second-order valence-corrected chi connectivity index (χ2v) is 3.81. The van der Waals surface area contributed by atoms with Crippen LogP contribution in [0.3, 0.4) is 0 Å². The third-order valence-corrected chi connectivity index (χ3v) is 2.27. The van der Waals surface area contributed by atoms with Crippen LogP contribution in [0, 0.1) is 0 Å². The van der Waals surface area contributed by atoms with E-state index in [9.17, 15) is 0 Å². The summed E-state index contributed by atoms with van der Waals surface area (Å²) in [6, 6.07) is 10.4. The fraction of sp³-hybridized carbons (Fsp3) is 0.385. The number of hydrogen-bond acceptors (Lipinski definition) is 2. The van der Waals surface area contributed by atoms with Crippen molar-refractivity contribution in [2.24, 2.45) is 0 Å². The van der Waals surface area contributed by atoms with Gasteiger partial charge in [-0.25, -0.2) is 0 Å². The van der Waals surface area contributed by atoms with Crippen molar-refractivity contribution in [2.75, 3.05) is 13.2 Å². The number of hydrogen-bond donors (Lipinski definition) is 2. The highest BCUT2D eigenvalue weighted by molar-refractivity contribution is 5.19. The van der Waals surface area contributed by atoms with Crippen LogP contribution in [0.2, 0.25) is 0 Å². The van der Waals surface area contributed by atoms with Gasteiger partial charge in [-0.1, -0.05) is 42.5 Å². The first kappa shape index (κ1) is 12.0. The molecule has 0 radical (unpaired) electrons. The number of aliphatic hydroxyl groups excluding tert-OH is 1. The van der Waals surface area contributed by atoms with E-state index in [2.05, 4.69) is 24.0 Å². The average molecular weight is 205 g/mol. The van der Waals surface area contributed by atoms with Gasteiger partial charge in [-0.05, 0) is 18.9 Å².